The van der Waals surface area contributed by atoms with Gasteiger partial charge < -0.3 is 15.4 Å². The van der Waals surface area contributed by atoms with Gasteiger partial charge in [-0.05, 0) is 49.6 Å². The molecule has 31 heavy (non-hydrogen) atoms. The van der Waals surface area contributed by atoms with Gasteiger partial charge in [-0.3, -0.25) is 4.90 Å². The summed E-state index contributed by atoms with van der Waals surface area (Å²) in [5, 5.41) is 0.909. The van der Waals surface area contributed by atoms with Crippen molar-refractivity contribution in [2.24, 2.45) is 5.73 Å². The molecule has 1 heterocycles. The van der Waals surface area contributed by atoms with Crippen molar-refractivity contribution in [1.29, 1.82) is 0 Å². The number of primary amides is 1. The number of halogens is 2. The molecule has 2 aromatic rings. The van der Waals surface area contributed by atoms with Crippen LogP contribution in [0.1, 0.15) is 19.3 Å². The van der Waals surface area contributed by atoms with E-state index in [0.717, 1.165) is 29.3 Å². The third-order valence-corrected chi connectivity index (χ3v) is 6.09. The van der Waals surface area contributed by atoms with Crippen molar-refractivity contribution < 1.29 is 14.3 Å². The average molecular weight is 483 g/mol. The van der Waals surface area contributed by atoms with Crippen LogP contribution >= 0.6 is 36.0 Å². The molecule has 0 aromatic heterocycles. The molecule has 10 heteroatoms. The molecular formula is C21H24Cl2N4O3S. The predicted molar refractivity (Wildman–Crippen MR) is 128 cm³/mol. The summed E-state index contributed by atoms with van der Waals surface area (Å²) in [5.74, 6) is 0.643. The summed E-state index contributed by atoms with van der Waals surface area (Å²) < 4.78 is 6.80. The van der Waals surface area contributed by atoms with Crippen LogP contribution in [-0.4, -0.2) is 43.2 Å². The third-order valence-electron chi connectivity index (χ3n) is 4.92. The summed E-state index contributed by atoms with van der Waals surface area (Å²) in [4.78, 5) is 27.4. The summed E-state index contributed by atoms with van der Waals surface area (Å²) in [6.07, 6.45) is 2.66. The highest BCUT2D eigenvalue weighted by Gasteiger charge is 2.29. The van der Waals surface area contributed by atoms with Crippen LogP contribution in [0.2, 0.25) is 10.0 Å². The molecule has 1 saturated heterocycles. The molecular weight excluding hydrogens is 459 g/mol. The van der Waals surface area contributed by atoms with Crippen LogP contribution in [0.25, 0.3) is 0 Å². The summed E-state index contributed by atoms with van der Waals surface area (Å²) in [6.45, 7) is 2.54. The molecule has 1 aliphatic rings. The Kier molecular flexibility index (Phi) is 8.17. The molecule has 7 nitrogen and oxygen atoms in total. The van der Waals surface area contributed by atoms with Gasteiger partial charge >= 0.3 is 12.1 Å². The van der Waals surface area contributed by atoms with Gasteiger partial charge in [-0.1, -0.05) is 42.1 Å². The van der Waals surface area contributed by atoms with Crippen LogP contribution in [0.15, 0.2) is 42.5 Å². The molecule has 0 unspecified atom stereocenters. The van der Waals surface area contributed by atoms with E-state index in [-0.39, 0.29) is 6.03 Å². The second-order valence-corrected chi connectivity index (χ2v) is 8.29. The van der Waals surface area contributed by atoms with Gasteiger partial charge in [0, 0.05) is 31.4 Å². The SMILES string of the molecule is NC(=O)N(S)c1cccc(OCCCCCN2CCN(c3ccc(Cl)c(Cl)c3)C2=O)c1. The maximum atomic E-state index is 12.6. The summed E-state index contributed by atoms with van der Waals surface area (Å²) in [6, 6.07) is 11.6. The molecule has 1 fully saturated rings. The van der Waals surface area contributed by atoms with E-state index in [1.54, 1.807) is 41.3 Å². The van der Waals surface area contributed by atoms with Crippen LogP contribution in [-0.2, 0) is 0 Å². The number of ether oxygens (including phenoxy) is 1. The minimum atomic E-state index is -0.658. The van der Waals surface area contributed by atoms with Gasteiger partial charge in [0.2, 0.25) is 0 Å². The number of benzene rings is 2. The minimum absolute atomic E-state index is 0.0165. The molecule has 4 amide bonds. The first-order chi connectivity index (χ1) is 14.9. The molecule has 0 aliphatic carbocycles. The average Bonchev–Trinajstić information content (AvgIpc) is 3.12. The fourth-order valence-electron chi connectivity index (χ4n) is 3.29. The Hall–Kier alpha value is -2.29. The first-order valence-corrected chi connectivity index (χ1v) is 11.0. The van der Waals surface area contributed by atoms with Crippen LogP contribution in [0, 0.1) is 0 Å². The number of hydrogen-bond donors (Lipinski definition) is 2. The Bertz CT molecular complexity index is 947. The molecule has 0 radical (unpaired) electrons. The first kappa shape index (κ1) is 23.4. The van der Waals surface area contributed by atoms with E-state index >= 15 is 0 Å². The Morgan fingerprint density at radius 1 is 1.10 bits per heavy atom. The zero-order chi connectivity index (χ0) is 22.4. The van der Waals surface area contributed by atoms with E-state index < -0.39 is 6.03 Å². The van der Waals surface area contributed by atoms with Crippen LogP contribution in [0.4, 0.5) is 21.0 Å². The Balaban J connectivity index is 1.38. The first-order valence-electron chi connectivity index (χ1n) is 9.89. The second kappa shape index (κ2) is 10.8. The van der Waals surface area contributed by atoms with Gasteiger partial charge in [0.1, 0.15) is 5.75 Å². The summed E-state index contributed by atoms with van der Waals surface area (Å²) >= 11 is 16.1. The van der Waals surface area contributed by atoms with Crippen molar-refractivity contribution in [2.45, 2.75) is 19.3 Å². The van der Waals surface area contributed by atoms with E-state index in [0.29, 0.717) is 47.7 Å². The number of rotatable bonds is 9. The van der Waals surface area contributed by atoms with Crippen molar-refractivity contribution in [3.8, 4) is 5.75 Å². The van der Waals surface area contributed by atoms with Crippen molar-refractivity contribution in [3.05, 3.63) is 52.5 Å². The lowest BCUT2D eigenvalue weighted by Gasteiger charge is -2.19. The standard InChI is InChI=1S/C21H24Cl2N4O3S/c22-18-8-7-15(14-19(18)23)26-11-10-25(21(26)29)9-2-1-3-12-30-17-6-4-5-16(13-17)27(31)20(24)28/h4-8,13-14,31H,1-3,9-12H2,(H2,24,28). The monoisotopic (exact) mass is 482 g/mol. The second-order valence-electron chi connectivity index (χ2n) is 7.08. The van der Waals surface area contributed by atoms with E-state index in [9.17, 15) is 9.59 Å². The van der Waals surface area contributed by atoms with E-state index in [4.69, 9.17) is 33.7 Å². The number of carbonyl (C=O) groups excluding carboxylic acids is 2. The highest BCUT2D eigenvalue weighted by Crippen LogP contribution is 2.29. The number of anilines is 2. The minimum Gasteiger partial charge on any atom is -0.494 e. The normalized spacial score (nSPS) is 13.6. The highest BCUT2D eigenvalue weighted by atomic mass is 35.5. The number of hydrogen-bond acceptors (Lipinski definition) is 4. The third kappa shape index (κ3) is 6.12. The highest BCUT2D eigenvalue weighted by molar-refractivity contribution is 7.82. The number of urea groups is 2. The van der Waals surface area contributed by atoms with E-state index in [1.807, 2.05) is 11.0 Å². The van der Waals surface area contributed by atoms with Gasteiger partial charge in [-0.15, -0.1) is 0 Å². The molecule has 0 spiro atoms. The quantitative estimate of drug-likeness (QED) is 0.380. The van der Waals surface area contributed by atoms with E-state index in [1.165, 1.54) is 0 Å². The van der Waals surface area contributed by atoms with Gasteiger partial charge in [-0.25, -0.2) is 13.9 Å². The number of carbonyl (C=O) groups is 2. The van der Waals surface area contributed by atoms with Crippen molar-refractivity contribution in [2.75, 3.05) is 35.4 Å². The Labute approximate surface area is 197 Å². The molecule has 0 atom stereocenters. The topological polar surface area (TPSA) is 79.1 Å². The van der Waals surface area contributed by atoms with Gasteiger partial charge in [0.05, 0.1) is 22.3 Å². The molecule has 0 bridgehead atoms. The predicted octanol–water partition coefficient (Wildman–Crippen LogP) is 5.21. The zero-order valence-electron chi connectivity index (χ0n) is 16.8. The lowest BCUT2D eigenvalue weighted by Crippen LogP contribution is -2.32. The lowest BCUT2D eigenvalue weighted by molar-refractivity contribution is 0.219. The van der Waals surface area contributed by atoms with Crippen LogP contribution < -0.4 is 19.7 Å². The maximum absolute atomic E-state index is 12.6. The summed E-state index contributed by atoms with van der Waals surface area (Å²) in [5.41, 5.74) is 6.52. The zero-order valence-corrected chi connectivity index (χ0v) is 19.2. The number of amides is 4. The number of unbranched alkanes of at least 4 members (excludes halogenated alkanes) is 2. The van der Waals surface area contributed by atoms with E-state index in [2.05, 4.69) is 12.8 Å². The summed E-state index contributed by atoms with van der Waals surface area (Å²) in [7, 11) is 0. The number of thiol groups is 1. The molecule has 3 rings (SSSR count). The molecule has 1 aliphatic heterocycles. The smallest absolute Gasteiger partial charge is 0.329 e. The van der Waals surface area contributed by atoms with Crippen molar-refractivity contribution >= 4 is 59.5 Å². The fraction of sp³-hybridized carbons (Fsp3) is 0.333. The molecule has 2 N–H and O–H groups in total. The largest absolute Gasteiger partial charge is 0.494 e. The van der Waals surface area contributed by atoms with Gasteiger partial charge in [-0.2, -0.15) is 0 Å². The number of nitrogens with two attached hydrogens (primary N) is 1. The lowest BCUT2D eigenvalue weighted by atomic mass is 10.2. The van der Waals surface area contributed by atoms with Crippen molar-refractivity contribution in [1.82, 2.24) is 4.90 Å². The molecule has 2 aromatic carbocycles. The Morgan fingerprint density at radius 2 is 1.90 bits per heavy atom. The fourth-order valence-corrected chi connectivity index (χ4v) is 3.70. The maximum Gasteiger partial charge on any atom is 0.329 e. The van der Waals surface area contributed by atoms with Crippen molar-refractivity contribution in [3.63, 3.8) is 0 Å². The van der Waals surface area contributed by atoms with Crippen LogP contribution in [0.5, 0.6) is 5.75 Å². The number of nitrogens with zero attached hydrogens (tertiary/aromatic N) is 3. The van der Waals surface area contributed by atoms with Gasteiger partial charge in [0.25, 0.3) is 0 Å². The Morgan fingerprint density at radius 3 is 2.65 bits per heavy atom. The van der Waals surface area contributed by atoms with Crippen LogP contribution in [0.3, 0.4) is 0 Å². The van der Waals surface area contributed by atoms with Gasteiger partial charge in [0.15, 0.2) is 0 Å². The molecule has 0 saturated carbocycles. The molecule has 166 valence electrons.